The molecule has 0 bridgehead atoms. The Bertz CT molecular complexity index is 836. The van der Waals surface area contributed by atoms with Crippen molar-refractivity contribution in [1.29, 1.82) is 0 Å². The first-order valence-electron chi connectivity index (χ1n) is 8.24. The molecule has 2 amide bonds. The van der Waals surface area contributed by atoms with Crippen LogP contribution < -0.4 is 20.5 Å². The van der Waals surface area contributed by atoms with E-state index in [9.17, 15) is 22.8 Å². The van der Waals surface area contributed by atoms with Crippen LogP contribution in [0.2, 0.25) is 0 Å². The summed E-state index contributed by atoms with van der Waals surface area (Å²) < 4.78 is 47.9. The minimum Gasteiger partial charge on any atom is -0.493 e. The third-order valence-electron chi connectivity index (χ3n) is 3.78. The monoisotopic (exact) mass is 396 g/mol. The second-order valence-corrected chi connectivity index (χ2v) is 5.82. The zero-order valence-electron chi connectivity index (χ0n) is 15.0. The first kappa shape index (κ1) is 21.1. The van der Waals surface area contributed by atoms with Gasteiger partial charge in [0, 0.05) is 12.1 Å². The molecule has 0 fully saturated rings. The van der Waals surface area contributed by atoms with E-state index in [4.69, 9.17) is 15.2 Å². The number of amides is 2. The molecule has 28 heavy (non-hydrogen) atoms. The summed E-state index contributed by atoms with van der Waals surface area (Å²) in [6, 6.07) is 9.19. The molecule has 2 rings (SSSR count). The standard InChI is InChI=1S/C19H19F3N2O4/c1-27-16-10-13(4-7-15(16)28-11-17(23)25)18(26)24-9-8-12-2-5-14(6-3-12)19(20,21)22/h2-7,10H,8-9,11H2,1H3,(H2,23,25)(H,24,26). The van der Waals surface area contributed by atoms with Crippen molar-refractivity contribution in [3.8, 4) is 11.5 Å². The lowest BCUT2D eigenvalue weighted by Gasteiger charge is -2.12. The van der Waals surface area contributed by atoms with E-state index in [0.717, 1.165) is 12.1 Å². The summed E-state index contributed by atoms with van der Waals surface area (Å²) in [6.07, 6.45) is -4.00. The van der Waals surface area contributed by atoms with E-state index in [0.29, 0.717) is 17.5 Å². The molecule has 2 aromatic carbocycles. The highest BCUT2D eigenvalue weighted by atomic mass is 19.4. The van der Waals surface area contributed by atoms with Crippen LogP contribution in [0.5, 0.6) is 11.5 Å². The molecule has 0 heterocycles. The van der Waals surface area contributed by atoms with Crippen molar-refractivity contribution < 1.29 is 32.2 Å². The van der Waals surface area contributed by atoms with Gasteiger partial charge in [0.1, 0.15) is 0 Å². The summed E-state index contributed by atoms with van der Waals surface area (Å²) in [5, 5.41) is 2.68. The largest absolute Gasteiger partial charge is 0.493 e. The highest BCUT2D eigenvalue weighted by Crippen LogP contribution is 2.29. The molecule has 0 saturated heterocycles. The number of halogens is 3. The second-order valence-electron chi connectivity index (χ2n) is 5.82. The van der Waals surface area contributed by atoms with E-state index in [1.54, 1.807) is 0 Å². The van der Waals surface area contributed by atoms with Gasteiger partial charge in [-0.25, -0.2) is 0 Å². The number of nitrogens with one attached hydrogen (secondary N) is 1. The predicted molar refractivity (Wildman–Crippen MR) is 95.2 cm³/mol. The number of benzene rings is 2. The molecule has 0 spiro atoms. The van der Waals surface area contributed by atoms with E-state index in [1.165, 1.54) is 37.4 Å². The number of rotatable bonds is 8. The van der Waals surface area contributed by atoms with Gasteiger partial charge in [0.15, 0.2) is 18.1 Å². The first-order chi connectivity index (χ1) is 13.2. The maximum atomic E-state index is 12.5. The molecule has 9 heteroatoms. The van der Waals surface area contributed by atoms with Crippen molar-refractivity contribution in [3.63, 3.8) is 0 Å². The number of alkyl halides is 3. The molecule has 0 aromatic heterocycles. The lowest BCUT2D eigenvalue weighted by atomic mass is 10.1. The summed E-state index contributed by atoms with van der Waals surface area (Å²) in [5.74, 6) is -0.502. The van der Waals surface area contributed by atoms with Crippen molar-refractivity contribution in [2.24, 2.45) is 5.73 Å². The van der Waals surface area contributed by atoms with E-state index >= 15 is 0 Å². The summed E-state index contributed by atoms with van der Waals surface area (Å²) >= 11 is 0. The number of carbonyl (C=O) groups excluding carboxylic acids is 2. The predicted octanol–water partition coefficient (Wildman–Crippen LogP) is 2.55. The van der Waals surface area contributed by atoms with Gasteiger partial charge in [-0.3, -0.25) is 9.59 Å². The van der Waals surface area contributed by atoms with Crippen LogP contribution in [-0.2, 0) is 17.4 Å². The lowest BCUT2D eigenvalue weighted by molar-refractivity contribution is -0.137. The Hall–Kier alpha value is -3.23. The highest BCUT2D eigenvalue weighted by molar-refractivity contribution is 5.94. The molecular formula is C19H19F3N2O4. The van der Waals surface area contributed by atoms with Crippen LogP contribution in [0.4, 0.5) is 13.2 Å². The molecule has 3 N–H and O–H groups in total. The third-order valence-corrected chi connectivity index (χ3v) is 3.78. The molecule has 2 aromatic rings. The zero-order valence-corrected chi connectivity index (χ0v) is 15.0. The number of primary amides is 1. The average Bonchev–Trinajstić information content (AvgIpc) is 2.65. The lowest BCUT2D eigenvalue weighted by Crippen LogP contribution is -2.25. The number of hydrogen-bond acceptors (Lipinski definition) is 4. The molecule has 0 aliphatic heterocycles. The number of hydrogen-bond donors (Lipinski definition) is 2. The summed E-state index contributed by atoms with van der Waals surface area (Å²) in [5.41, 5.74) is 5.27. The Morgan fingerprint density at radius 3 is 2.32 bits per heavy atom. The molecule has 0 aliphatic rings. The van der Waals surface area contributed by atoms with Crippen molar-refractivity contribution in [3.05, 3.63) is 59.2 Å². The van der Waals surface area contributed by atoms with Crippen molar-refractivity contribution in [2.75, 3.05) is 20.3 Å². The Morgan fingerprint density at radius 2 is 1.75 bits per heavy atom. The molecule has 6 nitrogen and oxygen atoms in total. The van der Waals surface area contributed by atoms with Gasteiger partial charge in [-0.2, -0.15) is 13.2 Å². The van der Waals surface area contributed by atoms with Gasteiger partial charge in [-0.05, 0) is 42.3 Å². The van der Waals surface area contributed by atoms with Gasteiger partial charge in [-0.1, -0.05) is 12.1 Å². The van der Waals surface area contributed by atoms with Gasteiger partial charge in [0.2, 0.25) is 0 Å². The Balaban J connectivity index is 1.93. The van der Waals surface area contributed by atoms with Gasteiger partial charge < -0.3 is 20.5 Å². The molecular weight excluding hydrogens is 377 g/mol. The maximum Gasteiger partial charge on any atom is 0.416 e. The minimum absolute atomic E-state index is 0.243. The van der Waals surface area contributed by atoms with Crippen LogP contribution in [0.15, 0.2) is 42.5 Å². The van der Waals surface area contributed by atoms with Gasteiger partial charge in [-0.15, -0.1) is 0 Å². The fraction of sp³-hybridized carbons (Fsp3) is 0.263. The molecule has 0 aliphatic carbocycles. The molecule has 0 radical (unpaired) electrons. The van der Waals surface area contributed by atoms with Crippen LogP contribution in [0, 0.1) is 0 Å². The van der Waals surface area contributed by atoms with Gasteiger partial charge in [0.25, 0.3) is 11.8 Å². The van der Waals surface area contributed by atoms with Crippen LogP contribution in [-0.4, -0.2) is 32.1 Å². The van der Waals surface area contributed by atoms with Gasteiger partial charge in [0.05, 0.1) is 12.7 Å². The Labute approximate surface area is 159 Å². The number of ether oxygens (including phenoxy) is 2. The van der Waals surface area contributed by atoms with E-state index in [-0.39, 0.29) is 30.6 Å². The molecule has 0 unspecified atom stereocenters. The van der Waals surface area contributed by atoms with Crippen LogP contribution in [0.3, 0.4) is 0 Å². The number of methoxy groups -OCH3 is 1. The minimum atomic E-state index is -4.38. The Morgan fingerprint density at radius 1 is 1.07 bits per heavy atom. The third kappa shape index (κ3) is 5.90. The van der Waals surface area contributed by atoms with Crippen molar-refractivity contribution in [2.45, 2.75) is 12.6 Å². The Kier molecular flexibility index (Phi) is 6.86. The fourth-order valence-electron chi connectivity index (χ4n) is 2.36. The van der Waals surface area contributed by atoms with E-state index < -0.39 is 17.6 Å². The van der Waals surface area contributed by atoms with Gasteiger partial charge >= 0.3 is 6.18 Å². The van der Waals surface area contributed by atoms with E-state index in [2.05, 4.69) is 5.32 Å². The number of nitrogens with two attached hydrogens (primary N) is 1. The van der Waals surface area contributed by atoms with Crippen LogP contribution >= 0.6 is 0 Å². The smallest absolute Gasteiger partial charge is 0.416 e. The summed E-state index contributed by atoms with van der Waals surface area (Å²) in [7, 11) is 1.39. The SMILES string of the molecule is COc1cc(C(=O)NCCc2ccc(C(F)(F)F)cc2)ccc1OCC(N)=O. The number of carbonyl (C=O) groups is 2. The molecule has 0 atom stereocenters. The second kappa shape index (κ2) is 9.12. The molecule has 0 saturated carbocycles. The van der Waals surface area contributed by atoms with Crippen LogP contribution in [0.25, 0.3) is 0 Å². The van der Waals surface area contributed by atoms with Crippen molar-refractivity contribution in [1.82, 2.24) is 5.32 Å². The fourth-order valence-corrected chi connectivity index (χ4v) is 2.36. The average molecular weight is 396 g/mol. The maximum absolute atomic E-state index is 12.5. The normalized spacial score (nSPS) is 11.0. The topological polar surface area (TPSA) is 90.7 Å². The summed E-state index contributed by atoms with van der Waals surface area (Å²) in [4.78, 5) is 23.0. The quantitative estimate of drug-likeness (QED) is 0.718. The highest BCUT2D eigenvalue weighted by Gasteiger charge is 2.29. The van der Waals surface area contributed by atoms with E-state index in [1.807, 2.05) is 0 Å². The van der Waals surface area contributed by atoms with Crippen LogP contribution in [0.1, 0.15) is 21.5 Å². The van der Waals surface area contributed by atoms with Crippen molar-refractivity contribution >= 4 is 11.8 Å². The summed E-state index contributed by atoms with van der Waals surface area (Å²) in [6.45, 7) is -0.0819. The molecule has 150 valence electrons. The first-order valence-corrected chi connectivity index (χ1v) is 8.24. The zero-order chi connectivity index (χ0) is 20.7.